The van der Waals surface area contributed by atoms with Gasteiger partial charge in [-0.05, 0) is 38.1 Å². The Hall–Kier alpha value is -3.79. The monoisotopic (exact) mass is 434 g/mol. The fourth-order valence-electron chi connectivity index (χ4n) is 3.66. The largest absolute Gasteiger partial charge is 0.486 e. The smallest absolute Gasteiger partial charge is 0.280 e. The van der Waals surface area contributed by atoms with Crippen LogP contribution in [0.1, 0.15) is 19.9 Å². The number of benzene rings is 1. The summed E-state index contributed by atoms with van der Waals surface area (Å²) in [6.07, 6.45) is 3.05. The topological polar surface area (TPSA) is 106 Å². The molecule has 0 N–H and O–H groups in total. The molecule has 0 spiro atoms. The van der Waals surface area contributed by atoms with E-state index in [1.807, 2.05) is 30.5 Å². The Morgan fingerprint density at radius 1 is 1.25 bits per heavy atom. The molecule has 0 aliphatic carbocycles. The van der Waals surface area contributed by atoms with Crippen LogP contribution in [0.2, 0.25) is 0 Å². The first-order valence-corrected chi connectivity index (χ1v) is 10.3. The standard InChI is InChI=1S/C22H22N6O4/c1-13(2)27-12-23-26-21(27)17-5-4-6-20(25-17)28-22(29)16-8-19-18(7-14(16)9-24-28)31-11-15(32-19)10-30-3/h4-9,12-13,15H,10-11H2,1-3H3. The van der Waals surface area contributed by atoms with Gasteiger partial charge in [0.1, 0.15) is 18.6 Å². The average Bonchev–Trinajstić information content (AvgIpc) is 3.29. The number of fused-ring (bicyclic) bond motifs is 2. The summed E-state index contributed by atoms with van der Waals surface area (Å²) in [6, 6.07) is 8.99. The van der Waals surface area contributed by atoms with Crippen molar-refractivity contribution in [3.8, 4) is 28.8 Å². The molecule has 1 aliphatic heterocycles. The molecule has 4 heterocycles. The van der Waals surface area contributed by atoms with Crippen molar-refractivity contribution >= 4 is 10.8 Å². The maximum absolute atomic E-state index is 13.3. The van der Waals surface area contributed by atoms with Crippen LogP contribution in [0, 0.1) is 0 Å². The first-order valence-electron chi connectivity index (χ1n) is 10.3. The normalized spacial score (nSPS) is 15.4. The average molecular weight is 434 g/mol. The molecular formula is C22H22N6O4. The van der Waals surface area contributed by atoms with E-state index < -0.39 is 0 Å². The zero-order valence-corrected chi connectivity index (χ0v) is 17.9. The lowest BCUT2D eigenvalue weighted by Crippen LogP contribution is -2.33. The third kappa shape index (κ3) is 3.48. The molecule has 0 fully saturated rings. The van der Waals surface area contributed by atoms with Crippen LogP contribution in [-0.2, 0) is 4.74 Å². The quantitative estimate of drug-likeness (QED) is 0.471. The minimum atomic E-state index is -0.308. The Kier molecular flexibility index (Phi) is 5.06. The molecule has 3 aromatic heterocycles. The molecule has 0 radical (unpaired) electrons. The van der Waals surface area contributed by atoms with Crippen LogP contribution in [0.25, 0.3) is 28.1 Å². The van der Waals surface area contributed by atoms with E-state index in [0.717, 1.165) is 0 Å². The predicted octanol–water partition coefficient (Wildman–Crippen LogP) is 2.41. The second kappa shape index (κ2) is 8.04. The van der Waals surface area contributed by atoms with Gasteiger partial charge >= 0.3 is 0 Å². The zero-order chi connectivity index (χ0) is 22.2. The lowest BCUT2D eigenvalue weighted by atomic mass is 10.1. The Bertz CT molecular complexity index is 1350. The molecule has 164 valence electrons. The van der Waals surface area contributed by atoms with Crippen LogP contribution >= 0.6 is 0 Å². The zero-order valence-electron chi connectivity index (χ0n) is 17.9. The number of hydrogen-bond acceptors (Lipinski definition) is 8. The van der Waals surface area contributed by atoms with Crippen LogP contribution in [0.15, 0.2) is 47.7 Å². The van der Waals surface area contributed by atoms with Gasteiger partial charge in [0, 0.05) is 18.5 Å². The Morgan fingerprint density at radius 2 is 2.12 bits per heavy atom. The molecule has 5 rings (SSSR count). The van der Waals surface area contributed by atoms with Crippen LogP contribution in [-0.4, -0.2) is 56.0 Å². The summed E-state index contributed by atoms with van der Waals surface area (Å²) in [6.45, 7) is 4.86. The summed E-state index contributed by atoms with van der Waals surface area (Å²) in [5, 5.41) is 13.6. The third-order valence-corrected chi connectivity index (χ3v) is 5.23. The van der Waals surface area contributed by atoms with Gasteiger partial charge in [0.05, 0.1) is 18.2 Å². The fraction of sp³-hybridized carbons (Fsp3) is 0.318. The number of ether oxygens (including phenoxy) is 3. The van der Waals surface area contributed by atoms with E-state index in [0.29, 0.717) is 52.8 Å². The molecule has 0 saturated carbocycles. The van der Waals surface area contributed by atoms with E-state index in [1.165, 1.54) is 4.68 Å². The first-order chi connectivity index (χ1) is 15.5. The van der Waals surface area contributed by atoms with Crippen LogP contribution in [0.5, 0.6) is 11.5 Å². The number of nitrogens with zero attached hydrogens (tertiary/aromatic N) is 6. The minimum absolute atomic E-state index is 0.169. The van der Waals surface area contributed by atoms with Gasteiger partial charge in [0.2, 0.25) is 0 Å². The van der Waals surface area contributed by atoms with Crippen molar-refractivity contribution in [3.63, 3.8) is 0 Å². The van der Waals surface area contributed by atoms with Gasteiger partial charge < -0.3 is 18.8 Å². The number of aromatic nitrogens is 6. The highest BCUT2D eigenvalue weighted by Crippen LogP contribution is 2.35. The molecule has 1 atom stereocenters. The second-order valence-corrected chi connectivity index (χ2v) is 7.79. The summed E-state index contributed by atoms with van der Waals surface area (Å²) in [5.41, 5.74) is 0.296. The maximum Gasteiger partial charge on any atom is 0.280 e. The van der Waals surface area contributed by atoms with Gasteiger partial charge in [-0.3, -0.25) is 4.79 Å². The van der Waals surface area contributed by atoms with Gasteiger partial charge in [-0.15, -0.1) is 10.2 Å². The predicted molar refractivity (Wildman–Crippen MR) is 116 cm³/mol. The Morgan fingerprint density at radius 3 is 2.94 bits per heavy atom. The van der Waals surface area contributed by atoms with Crippen LogP contribution in [0.4, 0.5) is 0 Å². The summed E-state index contributed by atoms with van der Waals surface area (Å²) >= 11 is 0. The fourth-order valence-corrected chi connectivity index (χ4v) is 3.66. The van der Waals surface area contributed by atoms with Crippen molar-refractivity contribution in [2.45, 2.75) is 26.0 Å². The van der Waals surface area contributed by atoms with Gasteiger partial charge in [-0.25, -0.2) is 4.98 Å². The van der Waals surface area contributed by atoms with Crippen molar-refractivity contribution in [2.24, 2.45) is 0 Å². The van der Waals surface area contributed by atoms with Crippen LogP contribution in [0.3, 0.4) is 0 Å². The van der Waals surface area contributed by atoms with Gasteiger partial charge in [-0.1, -0.05) is 6.07 Å². The SMILES string of the molecule is COCC1COc2cc3cnn(-c4cccc(-c5nncn5C(C)C)n4)c(=O)c3cc2O1. The van der Waals surface area contributed by atoms with Crippen molar-refractivity contribution in [2.75, 3.05) is 20.3 Å². The molecular weight excluding hydrogens is 412 g/mol. The molecule has 0 amide bonds. The lowest BCUT2D eigenvalue weighted by Gasteiger charge is -2.26. The van der Waals surface area contributed by atoms with E-state index in [2.05, 4.69) is 20.3 Å². The van der Waals surface area contributed by atoms with Crippen molar-refractivity contribution in [1.29, 1.82) is 0 Å². The maximum atomic E-state index is 13.3. The molecule has 0 bridgehead atoms. The molecule has 32 heavy (non-hydrogen) atoms. The molecule has 10 heteroatoms. The van der Waals surface area contributed by atoms with Gasteiger partial charge in [0.15, 0.2) is 29.2 Å². The highest BCUT2D eigenvalue weighted by atomic mass is 16.6. The molecule has 1 aromatic carbocycles. The molecule has 1 aliphatic rings. The van der Waals surface area contributed by atoms with Crippen molar-refractivity contribution < 1.29 is 14.2 Å². The van der Waals surface area contributed by atoms with Crippen molar-refractivity contribution in [1.82, 2.24) is 29.5 Å². The summed E-state index contributed by atoms with van der Waals surface area (Å²) in [5.74, 6) is 2.10. The lowest BCUT2D eigenvalue weighted by molar-refractivity contribution is 0.0274. The highest BCUT2D eigenvalue weighted by molar-refractivity contribution is 5.84. The molecule has 4 aromatic rings. The van der Waals surface area contributed by atoms with Crippen LogP contribution < -0.4 is 15.0 Å². The number of hydrogen-bond donors (Lipinski definition) is 0. The first kappa shape index (κ1) is 20.1. The molecule has 1 unspecified atom stereocenters. The summed E-state index contributed by atoms with van der Waals surface area (Å²) in [7, 11) is 1.61. The third-order valence-electron chi connectivity index (χ3n) is 5.23. The summed E-state index contributed by atoms with van der Waals surface area (Å²) < 4.78 is 20.0. The Labute approximate surface area is 183 Å². The number of methoxy groups -OCH3 is 1. The molecule has 10 nitrogen and oxygen atoms in total. The van der Waals surface area contributed by atoms with E-state index in [1.54, 1.807) is 37.8 Å². The highest BCUT2D eigenvalue weighted by Gasteiger charge is 2.23. The van der Waals surface area contributed by atoms with Gasteiger partial charge in [0.25, 0.3) is 5.56 Å². The summed E-state index contributed by atoms with van der Waals surface area (Å²) in [4.78, 5) is 17.9. The number of pyridine rings is 1. The van der Waals surface area contributed by atoms with Gasteiger partial charge in [-0.2, -0.15) is 9.78 Å². The van der Waals surface area contributed by atoms with E-state index >= 15 is 0 Å². The Balaban J connectivity index is 1.57. The van der Waals surface area contributed by atoms with E-state index in [9.17, 15) is 4.79 Å². The molecule has 0 saturated heterocycles. The van der Waals surface area contributed by atoms with E-state index in [-0.39, 0.29) is 17.7 Å². The number of rotatable bonds is 5. The minimum Gasteiger partial charge on any atom is -0.486 e. The van der Waals surface area contributed by atoms with E-state index in [4.69, 9.17) is 14.2 Å². The second-order valence-electron chi connectivity index (χ2n) is 7.79. The van der Waals surface area contributed by atoms with Crippen molar-refractivity contribution in [3.05, 3.63) is 53.2 Å².